The van der Waals surface area contributed by atoms with E-state index in [9.17, 15) is 14.4 Å². The van der Waals surface area contributed by atoms with Crippen LogP contribution in [0.1, 0.15) is 161 Å². The Balaban J connectivity index is 0.00000115. The number of imidazole rings is 1. The number of aromatic nitrogens is 3. The van der Waals surface area contributed by atoms with Gasteiger partial charge < -0.3 is 24.0 Å². The minimum Gasteiger partial charge on any atom is -0.481 e. The van der Waals surface area contributed by atoms with E-state index in [4.69, 9.17) is 19.4 Å². The number of fused-ring (bicyclic) bond motifs is 1. The van der Waals surface area contributed by atoms with Gasteiger partial charge in [-0.25, -0.2) is 9.97 Å². The molecule has 2 aromatic heterocycles. The summed E-state index contributed by atoms with van der Waals surface area (Å²) >= 11 is 0. The molecule has 1 aliphatic carbocycles. The van der Waals surface area contributed by atoms with Gasteiger partial charge in [-0.05, 0) is 84.0 Å². The number of hydrogen-bond acceptors (Lipinski definition) is 9. The summed E-state index contributed by atoms with van der Waals surface area (Å²) in [6, 6.07) is 4.37. The zero-order valence-electron chi connectivity index (χ0n) is 39.3. The Morgan fingerprint density at radius 3 is 2.10 bits per heavy atom. The lowest BCUT2D eigenvalue weighted by Gasteiger charge is -2.41. The van der Waals surface area contributed by atoms with Crippen molar-refractivity contribution in [3.05, 3.63) is 24.7 Å². The topological polar surface area (TPSA) is 141 Å². The van der Waals surface area contributed by atoms with Crippen LogP contribution in [0, 0.1) is 35.5 Å². The van der Waals surface area contributed by atoms with E-state index >= 15 is 0 Å². The van der Waals surface area contributed by atoms with Crippen LogP contribution in [0.4, 0.5) is 0 Å². The summed E-state index contributed by atoms with van der Waals surface area (Å²) in [5.74, 6) is -1.63. The molecular formula is C47H84N4O7. The van der Waals surface area contributed by atoms with Crippen LogP contribution in [0.25, 0.3) is 11.2 Å². The van der Waals surface area contributed by atoms with E-state index in [1.165, 1.54) is 25.7 Å². The van der Waals surface area contributed by atoms with Crippen LogP contribution in [0.5, 0.6) is 0 Å². The normalized spacial score (nSPS) is 28.3. The van der Waals surface area contributed by atoms with E-state index in [-0.39, 0.29) is 47.1 Å². The zero-order valence-corrected chi connectivity index (χ0v) is 39.3. The number of rotatable bonds is 8. The number of aliphatic carboxylic acids is 1. The van der Waals surface area contributed by atoms with Gasteiger partial charge >= 0.3 is 0 Å². The molecule has 334 valence electrons. The number of aryl methyl sites for hydroxylation is 1. The number of hydrogen-bond donors (Lipinski definition) is 1. The Labute approximate surface area is 352 Å². The van der Waals surface area contributed by atoms with Gasteiger partial charge in [-0.15, -0.1) is 0 Å². The molecule has 0 amide bonds. The second-order valence-corrected chi connectivity index (χ2v) is 16.6. The molecule has 0 aromatic carbocycles. The predicted molar refractivity (Wildman–Crippen MR) is 237 cm³/mol. The van der Waals surface area contributed by atoms with Crippen LogP contribution in [-0.4, -0.2) is 86.5 Å². The molecule has 0 spiro atoms. The fourth-order valence-electron chi connectivity index (χ4n) is 7.66. The Kier molecular flexibility index (Phi) is 28.5. The van der Waals surface area contributed by atoms with Crippen LogP contribution in [0.3, 0.4) is 0 Å². The summed E-state index contributed by atoms with van der Waals surface area (Å²) < 4.78 is 14.9. The molecule has 0 unspecified atom stereocenters. The molecular weight excluding hydrogens is 733 g/mol. The third kappa shape index (κ3) is 19.8. The minimum absolute atomic E-state index is 0.0136. The number of unbranched alkanes of at least 4 members (excludes halogenated alkanes) is 2. The van der Waals surface area contributed by atoms with Gasteiger partial charge in [0.15, 0.2) is 11.9 Å². The van der Waals surface area contributed by atoms with E-state index in [1.807, 2.05) is 47.0 Å². The second-order valence-electron chi connectivity index (χ2n) is 16.6. The number of ketones is 3. The Morgan fingerprint density at radius 2 is 1.53 bits per heavy atom. The molecule has 4 rings (SSSR count). The number of nitrogens with zero attached hydrogens (tertiary/aromatic N) is 4. The van der Waals surface area contributed by atoms with Gasteiger partial charge in [0.1, 0.15) is 17.3 Å². The molecule has 2 aliphatic rings. The van der Waals surface area contributed by atoms with Gasteiger partial charge in [-0.3, -0.25) is 19.2 Å². The maximum absolute atomic E-state index is 13.5. The number of carbonyl (C=O) groups excluding carboxylic acids is 3. The van der Waals surface area contributed by atoms with Crippen LogP contribution >= 0.6 is 0 Å². The maximum atomic E-state index is 13.5. The van der Waals surface area contributed by atoms with E-state index in [0.29, 0.717) is 18.9 Å². The van der Waals surface area contributed by atoms with Crippen LogP contribution in [0.2, 0.25) is 0 Å². The van der Waals surface area contributed by atoms with Gasteiger partial charge in [0.25, 0.3) is 5.97 Å². The minimum atomic E-state index is -0.833. The highest BCUT2D eigenvalue weighted by molar-refractivity contribution is 6.03. The van der Waals surface area contributed by atoms with Crippen LogP contribution in [0.15, 0.2) is 24.7 Å². The fraction of sp³-hybridized carbons (Fsp3) is 0.787. The van der Waals surface area contributed by atoms with Crippen molar-refractivity contribution in [1.29, 1.82) is 0 Å². The molecule has 1 saturated heterocycles. The van der Waals surface area contributed by atoms with Crippen LogP contribution < -0.4 is 0 Å². The standard InChI is InChI=1S/C29H51NO5.C11H15N3.C3H8.C2H4O2.C2H6/c1-10-23-12-11-17(2)27(32)18(3)13-19(4)29(22(7)28(33)21(6)25(31)15-23)35-26-16-24(30(8)9)14-20(5)34-26;1-2-3-4-8-14-9-13-11-10(14)6-5-7-12-11;1-3-2;1-2(3)4;1-2/h17-24,26,29H,10-16H2,1-9H3;5-7,9H,2-4,8H2,1H3;3H2,1-2H3;1H3,(H,3,4);1-2H3/t17-,18-,19+,20-,21+,22+,23-,24+,26+,29+;;;;/m1..../s1. The molecule has 1 saturated carbocycles. The van der Waals surface area contributed by atoms with Crippen molar-refractivity contribution in [1.82, 2.24) is 19.4 Å². The number of carbonyl (C=O) groups is 4. The summed E-state index contributed by atoms with van der Waals surface area (Å²) in [5, 5.41) is 7.42. The second kappa shape index (κ2) is 30.1. The third-order valence-corrected chi connectivity index (χ3v) is 11.1. The van der Waals surface area contributed by atoms with Crippen molar-refractivity contribution < 1.29 is 33.8 Å². The Morgan fingerprint density at radius 1 is 0.914 bits per heavy atom. The molecule has 11 nitrogen and oxygen atoms in total. The van der Waals surface area contributed by atoms with Gasteiger partial charge in [0.05, 0.1) is 30.0 Å². The van der Waals surface area contributed by atoms with Crippen molar-refractivity contribution in [2.75, 3.05) is 14.1 Å². The first-order valence-corrected chi connectivity index (χ1v) is 22.4. The maximum Gasteiger partial charge on any atom is 0.300 e. The molecule has 2 aromatic rings. The first-order valence-electron chi connectivity index (χ1n) is 22.4. The summed E-state index contributed by atoms with van der Waals surface area (Å²) in [6.07, 6.45) is 13.2. The molecule has 1 aliphatic heterocycles. The number of carboxylic acid groups (broad SMARTS) is 1. The van der Waals surface area contributed by atoms with Crippen molar-refractivity contribution in [2.45, 2.75) is 192 Å². The van der Waals surface area contributed by atoms with E-state index in [1.54, 1.807) is 13.1 Å². The largest absolute Gasteiger partial charge is 0.481 e. The smallest absolute Gasteiger partial charge is 0.300 e. The molecule has 11 heteroatoms. The Hall–Kier alpha value is -3.02. The lowest BCUT2D eigenvalue weighted by molar-refractivity contribution is -0.236. The summed E-state index contributed by atoms with van der Waals surface area (Å²) in [4.78, 5) is 59.4. The van der Waals surface area contributed by atoms with Gasteiger partial charge in [0, 0.05) is 56.3 Å². The lowest BCUT2D eigenvalue weighted by Crippen LogP contribution is -2.47. The summed E-state index contributed by atoms with van der Waals surface area (Å²) in [7, 11) is 4.14. The molecule has 0 radical (unpaired) electrons. The average molecular weight is 817 g/mol. The highest BCUT2D eigenvalue weighted by Crippen LogP contribution is 2.33. The molecule has 1 N–H and O–H groups in total. The average Bonchev–Trinajstić information content (AvgIpc) is 3.60. The molecule has 2 fully saturated rings. The first kappa shape index (κ1) is 55.0. The van der Waals surface area contributed by atoms with Crippen molar-refractivity contribution in [3.63, 3.8) is 0 Å². The van der Waals surface area contributed by atoms with E-state index in [0.717, 1.165) is 56.7 Å². The van der Waals surface area contributed by atoms with Crippen molar-refractivity contribution >= 4 is 34.5 Å². The SMILES string of the molecule is CC.CC(=O)O.CCC.CCCCCn1cnc2ncccc21.CC[C@@H]1CC[C@@H](C)C(=O)[C@H](C)C[C@H](C)[C@H](O[C@H]2C[C@@H](N(C)C)C[C@@H](C)O2)[C@@H](C)C(=O)[C@@H](C)C(=O)C1. The fourth-order valence-corrected chi connectivity index (χ4v) is 7.66. The van der Waals surface area contributed by atoms with E-state index < -0.39 is 30.2 Å². The van der Waals surface area contributed by atoms with Crippen molar-refractivity contribution in [3.8, 4) is 0 Å². The molecule has 10 atom stereocenters. The monoisotopic (exact) mass is 817 g/mol. The molecule has 0 bridgehead atoms. The van der Waals surface area contributed by atoms with E-state index in [2.05, 4.69) is 81.1 Å². The number of ether oxygens (including phenoxy) is 2. The third-order valence-electron chi connectivity index (χ3n) is 11.1. The lowest BCUT2D eigenvalue weighted by atomic mass is 9.76. The Bertz CT molecular complexity index is 1440. The van der Waals surface area contributed by atoms with Gasteiger partial charge in [-0.2, -0.15) is 0 Å². The first-order chi connectivity index (χ1) is 27.4. The quantitative estimate of drug-likeness (QED) is 0.202. The highest BCUT2D eigenvalue weighted by Gasteiger charge is 2.40. The van der Waals surface area contributed by atoms with Gasteiger partial charge in [-0.1, -0.05) is 94.9 Å². The predicted octanol–water partition coefficient (Wildman–Crippen LogP) is 10.5. The van der Waals surface area contributed by atoms with Crippen molar-refractivity contribution in [2.24, 2.45) is 35.5 Å². The van der Waals surface area contributed by atoms with Crippen LogP contribution in [-0.2, 0) is 35.2 Å². The number of Topliss-reactive ketones (excluding diaryl/α,β-unsaturated/α-hetero) is 3. The van der Waals surface area contributed by atoms with Gasteiger partial charge in [0.2, 0.25) is 0 Å². The molecule has 3 heterocycles. The summed E-state index contributed by atoms with van der Waals surface area (Å²) in [5.41, 5.74) is 1.99. The summed E-state index contributed by atoms with van der Waals surface area (Å²) in [6.45, 7) is 26.5. The number of pyridine rings is 1. The highest BCUT2D eigenvalue weighted by atomic mass is 16.7. The zero-order chi connectivity index (χ0) is 44.5. The number of carboxylic acids is 1. The molecule has 58 heavy (non-hydrogen) atoms.